The van der Waals surface area contributed by atoms with Crippen LogP contribution in [0, 0.1) is 5.92 Å². The summed E-state index contributed by atoms with van der Waals surface area (Å²) in [7, 11) is 0. The number of nitrogens with two attached hydrogens (primary N) is 1. The van der Waals surface area contributed by atoms with Crippen molar-refractivity contribution in [2.24, 2.45) is 11.7 Å². The lowest BCUT2D eigenvalue weighted by Gasteiger charge is -2.24. The van der Waals surface area contributed by atoms with Crippen molar-refractivity contribution in [2.45, 2.75) is 25.5 Å². The van der Waals surface area contributed by atoms with Crippen LogP contribution in [0.4, 0.5) is 0 Å². The van der Waals surface area contributed by atoms with Gasteiger partial charge in [-0.05, 0) is 30.0 Å². The first-order chi connectivity index (χ1) is 8.59. The van der Waals surface area contributed by atoms with Crippen LogP contribution in [0.25, 0.3) is 0 Å². The molecule has 1 aromatic rings. The fourth-order valence-electron chi connectivity index (χ4n) is 2.25. The molecule has 2 rings (SSSR count). The largest absolute Gasteiger partial charge is 0.386 e. The summed E-state index contributed by atoms with van der Waals surface area (Å²) in [5.74, 6) is 0.336. The van der Waals surface area contributed by atoms with Gasteiger partial charge in [0.05, 0.1) is 0 Å². The molecule has 1 fully saturated rings. The topological polar surface area (TPSA) is 79.5 Å². The highest BCUT2D eigenvalue weighted by molar-refractivity contribution is 5.82. The quantitative estimate of drug-likeness (QED) is 0.808. The summed E-state index contributed by atoms with van der Waals surface area (Å²) in [6, 6.07) is 2.44. The third-order valence-electron chi connectivity index (χ3n) is 3.41. The van der Waals surface area contributed by atoms with Crippen LogP contribution in [0.5, 0.6) is 0 Å². The van der Waals surface area contributed by atoms with Gasteiger partial charge in [-0.3, -0.25) is 9.78 Å². The highest BCUT2D eigenvalue weighted by Gasteiger charge is 2.31. The van der Waals surface area contributed by atoms with Gasteiger partial charge in [0.1, 0.15) is 12.1 Å². The molecule has 0 radical (unpaired) electrons. The van der Waals surface area contributed by atoms with Crippen LogP contribution >= 0.6 is 0 Å². The fourth-order valence-corrected chi connectivity index (χ4v) is 2.25. The molecule has 1 amide bonds. The molecule has 0 spiro atoms. The molecule has 3 atom stereocenters. The number of pyridine rings is 1. The molecular formula is C13H19N3O2. The number of aliphatic hydroxyl groups excluding tert-OH is 1. The minimum atomic E-state index is -0.976. The number of aliphatic hydroxyl groups is 1. The average Bonchev–Trinajstić information content (AvgIpc) is 2.84. The number of likely N-dealkylation sites (tertiary alicyclic amines) is 1. The maximum atomic E-state index is 12.1. The Hall–Kier alpha value is -1.46. The van der Waals surface area contributed by atoms with Gasteiger partial charge in [-0.2, -0.15) is 0 Å². The SMILES string of the molecule is CC1CCN(C(=O)[C@H](N)[C@@H](O)c2ccncc2)C1. The molecule has 1 aliphatic heterocycles. The van der Waals surface area contributed by atoms with E-state index in [9.17, 15) is 9.90 Å². The van der Waals surface area contributed by atoms with Gasteiger partial charge in [-0.15, -0.1) is 0 Å². The van der Waals surface area contributed by atoms with Crippen LogP contribution in [0.15, 0.2) is 24.5 Å². The first kappa shape index (κ1) is 13.0. The van der Waals surface area contributed by atoms with Gasteiger partial charge in [-0.1, -0.05) is 6.92 Å². The van der Waals surface area contributed by atoms with E-state index in [0.717, 1.165) is 19.5 Å². The standard InChI is InChI=1S/C13H19N3O2/c1-9-4-7-16(8-9)13(18)11(14)12(17)10-2-5-15-6-3-10/h2-3,5-6,9,11-12,17H,4,7-8,14H2,1H3/t9?,11-,12+/m1/s1. The third kappa shape index (κ3) is 2.68. The highest BCUT2D eigenvalue weighted by atomic mass is 16.3. The summed E-state index contributed by atoms with van der Waals surface area (Å²) in [5.41, 5.74) is 6.48. The molecular weight excluding hydrogens is 230 g/mol. The van der Waals surface area contributed by atoms with Crippen LogP contribution in [-0.2, 0) is 4.79 Å². The van der Waals surface area contributed by atoms with Gasteiger partial charge < -0.3 is 15.7 Å². The Morgan fingerprint density at radius 2 is 2.22 bits per heavy atom. The Balaban J connectivity index is 2.02. The van der Waals surface area contributed by atoms with Gasteiger partial charge >= 0.3 is 0 Å². The van der Waals surface area contributed by atoms with Crippen molar-refractivity contribution in [1.29, 1.82) is 0 Å². The van der Waals surface area contributed by atoms with Crippen LogP contribution in [0.1, 0.15) is 25.0 Å². The molecule has 1 aromatic heterocycles. The monoisotopic (exact) mass is 249 g/mol. The molecule has 5 nitrogen and oxygen atoms in total. The summed E-state index contributed by atoms with van der Waals surface area (Å²) >= 11 is 0. The molecule has 1 unspecified atom stereocenters. The van der Waals surface area contributed by atoms with Gasteiger partial charge in [0.2, 0.25) is 5.91 Å². The average molecular weight is 249 g/mol. The second-order valence-electron chi connectivity index (χ2n) is 4.93. The van der Waals surface area contributed by atoms with E-state index in [2.05, 4.69) is 11.9 Å². The molecule has 0 aliphatic carbocycles. The second kappa shape index (κ2) is 5.46. The molecule has 1 saturated heterocycles. The number of carbonyl (C=O) groups is 1. The molecule has 0 saturated carbocycles. The van der Waals surface area contributed by atoms with E-state index >= 15 is 0 Å². The van der Waals surface area contributed by atoms with E-state index < -0.39 is 12.1 Å². The summed E-state index contributed by atoms with van der Waals surface area (Å²) in [6.45, 7) is 3.57. The number of carbonyl (C=O) groups excluding carboxylic acids is 1. The Labute approximate surface area is 107 Å². The molecule has 5 heteroatoms. The first-order valence-corrected chi connectivity index (χ1v) is 6.22. The summed E-state index contributed by atoms with van der Waals surface area (Å²) < 4.78 is 0. The third-order valence-corrected chi connectivity index (χ3v) is 3.41. The van der Waals surface area contributed by atoms with Crippen molar-refractivity contribution in [2.75, 3.05) is 13.1 Å². The normalized spacial score (nSPS) is 22.8. The summed E-state index contributed by atoms with van der Waals surface area (Å²) in [5, 5.41) is 10.1. The first-order valence-electron chi connectivity index (χ1n) is 6.22. The summed E-state index contributed by atoms with van der Waals surface area (Å²) in [4.78, 5) is 17.7. The fraction of sp³-hybridized carbons (Fsp3) is 0.538. The predicted octanol–water partition coefficient (Wildman–Crippen LogP) is 0.311. The number of nitrogens with zero attached hydrogens (tertiary/aromatic N) is 2. The van der Waals surface area contributed by atoms with E-state index in [-0.39, 0.29) is 5.91 Å². The van der Waals surface area contributed by atoms with Crippen molar-refractivity contribution in [3.05, 3.63) is 30.1 Å². The minimum absolute atomic E-state index is 0.177. The van der Waals surface area contributed by atoms with Gasteiger partial charge in [0.25, 0.3) is 0 Å². The molecule has 98 valence electrons. The molecule has 3 N–H and O–H groups in total. The van der Waals surface area contributed by atoms with E-state index in [1.807, 2.05) is 0 Å². The van der Waals surface area contributed by atoms with Crippen LogP contribution in [-0.4, -0.2) is 40.0 Å². The van der Waals surface area contributed by atoms with E-state index in [4.69, 9.17) is 5.73 Å². The zero-order valence-electron chi connectivity index (χ0n) is 10.5. The van der Waals surface area contributed by atoms with E-state index in [1.165, 1.54) is 0 Å². The molecule has 0 bridgehead atoms. The Bertz CT molecular complexity index is 410. The van der Waals surface area contributed by atoms with Crippen molar-refractivity contribution in [3.63, 3.8) is 0 Å². The van der Waals surface area contributed by atoms with Gasteiger partial charge in [0.15, 0.2) is 0 Å². The molecule has 2 heterocycles. The Kier molecular flexibility index (Phi) is 3.93. The molecule has 18 heavy (non-hydrogen) atoms. The maximum absolute atomic E-state index is 12.1. The van der Waals surface area contributed by atoms with Crippen LogP contribution < -0.4 is 5.73 Å². The molecule has 1 aliphatic rings. The minimum Gasteiger partial charge on any atom is -0.386 e. The van der Waals surface area contributed by atoms with Gasteiger partial charge in [0, 0.05) is 25.5 Å². The lowest BCUT2D eigenvalue weighted by Crippen LogP contribution is -2.46. The van der Waals surface area contributed by atoms with Crippen molar-refractivity contribution >= 4 is 5.91 Å². The van der Waals surface area contributed by atoms with Crippen molar-refractivity contribution < 1.29 is 9.90 Å². The Morgan fingerprint density at radius 3 is 2.78 bits per heavy atom. The van der Waals surface area contributed by atoms with Crippen molar-refractivity contribution in [3.8, 4) is 0 Å². The highest BCUT2D eigenvalue weighted by Crippen LogP contribution is 2.20. The van der Waals surface area contributed by atoms with Crippen LogP contribution in [0.2, 0.25) is 0 Å². The van der Waals surface area contributed by atoms with Crippen molar-refractivity contribution in [1.82, 2.24) is 9.88 Å². The second-order valence-corrected chi connectivity index (χ2v) is 4.93. The Morgan fingerprint density at radius 1 is 1.56 bits per heavy atom. The van der Waals surface area contributed by atoms with E-state index in [1.54, 1.807) is 29.4 Å². The number of hydrogen-bond donors (Lipinski definition) is 2. The zero-order valence-corrected chi connectivity index (χ0v) is 10.5. The number of aromatic nitrogens is 1. The smallest absolute Gasteiger partial charge is 0.242 e. The van der Waals surface area contributed by atoms with Gasteiger partial charge in [-0.25, -0.2) is 0 Å². The predicted molar refractivity (Wildman–Crippen MR) is 67.5 cm³/mol. The number of hydrogen-bond acceptors (Lipinski definition) is 4. The maximum Gasteiger partial charge on any atom is 0.242 e. The lowest BCUT2D eigenvalue weighted by atomic mass is 10.0. The lowest BCUT2D eigenvalue weighted by molar-refractivity contribution is -0.134. The van der Waals surface area contributed by atoms with Crippen LogP contribution in [0.3, 0.4) is 0 Å². The zero-order chi connectivity index (χ0) is 13.1. The summed E-state index contributed by atoms with van der Waals surface area (Å²) in [6.07, 6.45) is 3.18. The van der Waals surface area contributed by atoms with E-state index in [0.29, 0.717) is 11.5 Å². The molecule has 0 aromatic carbocycles. The number of rotatable bonds is 3. The number of amides is 1.